The zero-order valence-corrected chi connectivity index (χ0v) is 23.2. The molecule has 0 unspecified atom stereocenters. The topological polar surface area (TPSA) is 41.4 Å². The van der Waals surface area contributed by atoms with Gasteiger partial charge in [-0.3, -0.25) is 9.69 Å². The van der Waals surface area contributed by atoms with E-state index in [4.69, 9.17) is 16.7 Å². The lowest BCUT2D eigenvalue weighted by atomic mass is 9.96. The molecule has 5 nitrogen and oxygen atoms in total. The molecule has 5 aromatic rings. The summed E-state index contributed by atoms with van der Waals surface area (Å²) in [5.74, 6) is -0.0251. The number of hydrogen-bond acceptors (Lipinski definition) is 3. The minimum Gasteiger partial charge on any atom is -0.335 e. The quantitative estimate of drug-likeness (QED) is 0.229. The van der Waals surface area contributed by atoms with E-state index < -0.39 is 0 Å². The van der Waals surface area contributed by atoms with E-state index in [0.717, 1.165) is 29.9 Å². The fourth-order valence-electron chi connectivity index (χ4n) is 5.52. The summed E-state index contributed by atoms with van der Waals surface area (Å²) in [6.45, 7) is 4.86. The van der Waals surface area contributed by atoms with Crippen molar-refractivity contribution in [3.8, 4) is 16.9 Å². The third-order valence-electron chi connectivity index (χ3n) is 7.52. The maximum atomic E-state index is 14.0. The standard InChI is InChI=1S/C34H31ClN4O/c1-25-11-10-16-28(23-25)39-32(24-31(36-39)29-17-8-9-18-30(29)35)34(40)38-21-19-37(20-22-38)33(26-12-4-2-5-13-26)27-14-6-3-7-15-27/h2-18,23-24,33H,19-22H2,1H3. The van der Waals surface area contributed by atoms with Crippen LogP contribution in [-0.2, 0) is 0 Å². The minimum atomic E-state index is -0.0251. The van der Waals surface area contributed by atoms with Crippen molar-refractivity contribution in [1.82, 2.24) is 19.6 Å². The average molecular weight is 547 g/mol. The Bertz CT molecular complexity index is 1570. The fourth-order valence-corrected chi connectivity index (χ4v) is 5.75. The van der Waals surface area contributed by atoms with Gasteiger partial charge in [-0.05, 0) is 47.9 Å². The molecule has 0 radical (unpaired) electrons. The lowest BCUT2D eigenvalue weighted by Gasteiger charge is -2.39. The zero-order chi connectivity index (χ0) is 27.5. The molecule has 200 valence electrons. The number of rotatable bonds is 6. The van der Waals surface area contributed by atoms with Gasteiger partial charge in [-0.15, -0.1) is 0 Å². The molecule has 6 heteroatoms. The Kier molecular flexibility index (Phi) is 7.49. The molecule has 1 amide bonds. The second-order valence-electron chi connectivity index (χ2n) is 10.2. The number of amides is 1. The first kappa shape index (κ1) is 26.1. The summed E-state index contributed by atoms with van der Waals surface area (Å²) in [4.78, 5) is 18.5. The Morgan fingerprint density at radius 1 is 0.750 bits per heavy atom. The molecule has 4 aromatic carbocycles. The van der Waals surface area contributed by atoms with Crippen molar-refractivity contribution in [2.75, 3.05) is 26.2 Å². The number of nitrogens with zero attached hydrogens (tertiary/aromatic N) is 4. The van der Waals surface area contributed by atoms with E-state index in [-0.39, 0.29) is 11.9 Å². The van der Waals surface area contributed by atoms with Crippen LogP contribution in [0.4, 0.5) is 0 Å². The second kappa shape index (κ2) is 11.5. The predicted octanol–water partition coefficient (Wildman–Crippen LogP) is 7.05. The SMILES string of the molecule is Cc1cccc(-n2nc(-c3ccccc3Cl)cc2C(=O)N2CCN(C(c3ccccc3)c3ccccc3)CC2)c1. The van der Waals surface area contributed by atoms with E-state index in [1.807, 2.05) is 66.4 Å². The minimum absolute atomic E-state index is 0.0251. The van der Waals surface area contributed by atoms with E-state index in [1.165, 1.54) is 11.1 Å². The van der Waals surface area contributed by atoms with Crippen LogP contribution in [0.3, 0.4) is 0 Å². The van der Waals surface area contributed by atoms with Gasteiger partial charge in [0.25, 0.3) is 5.91 Å². The van der Waals surface area contributed by atoms with Crippen LogP contribution in [0.5, 0.6) is 0 Å². The van der Waals surface area contributed by atoms with Gasteiger partial charge in [-0.1, -0.05) is 103 Å². The van der Waals surface area contributed by atoms with Crippen molar-refractivity contribution in [3.63, 3.8) is 0 Å². The van der Waals surface area contributed by atoms with Gasteiger partial charge in [0.15, 0.2) is 0 Å². The number of carbonyl (C=O) groups is 1. The van der Waals surface area contributed by atoms with Crippen molar-refractivity contribution < 1.29 is 4.79 Å². The summed E-state index contributed by atoms with van der Waals surface area (Å²) >= 11 is 6.52. The van der Waals surface area contributed by atoms with Crippen LogP contribution in [0.1, 0.15) is 33.2 Å². The summed E-state index contributed by atoms with van der Waals surface area (Å²) < 4.78 is 1.76. The fraction of sp³-hybridized carbons (Fsp3) is 0.176. The first-order chi connectivity index (χ1) is 19.6. The first-order valence-electron chi connectivity index (χ1n) is 13.6. The van der Waals surface area contributed by atoms with Gasteiger partial charge in [0.05, 0.1) is 22.4 Å². The summed E-state index contributed by atoms with van der Waals surface area (Å²) in [6, 6.07) is 38.9. The van der Waals surface area contributed by atoms with Crippen LogP contribution in [0, 0.1) is 6.92 Å². The molecule has 40 heavy (non-hydrogen) atoms. The van der Waals surface area contributed by atoms with Gasteiger partial charge < -0.3 is 4.90 Å². The Hall–Kier alpha value is -4.19. The van der Waals surface area contributed by atoms with Crippen LogP contribution < -0.4 is 0 Å². The summed E-state index contributed by atoms with van der Waals surface area (Å²) in [7, 11) is 0. The number of halogens is 1. The number of hydrogen-bond donors (Lipinski definition) is 0. The average Bonchev–Trinajstić information content (AvgIpc) is 3.44. The Labute approximate surface area is 240 Å². The summed E-state index contributed by atoms with van der Waals surface area (Å²) in [5, 5.41) is 5.47. The molecular weight excluding hydrogens is 516 g/mol. The smallest absolute Gasteiger partial charge is 0.272 e. The molecule has 1 saturated heterocycles. The molecule has 1 aromatic heterocycles. The highest BCUT2D eigenvalue weighted by Crippen LogP contribution is 2.31. The van der Waals surface area contributed by atoms with Crippen molar-refractivity contribution >= 4 is 17.5 Å². The molecule has 0 N–H and O–H groups in total. The van der Waals surface area contributed by atoms with E-state index in [0.29, 0.717) is 29.5 Å². The third-order valence-corrected chi connectivity index (χ3v) is 7.85. The van der Waals surface area contributed by atoms with Gasteiger partial charge in [0, 0.05) is 31.7 Å². The maximum absolute atomic E-state index is 14.0. The highest BCUT2D eigenvalue weighted by molar-refractivity contribution is 6.33. The monoisotopic (exact) mass is 546 g/mol. The van der Waals surface area contributed by atoms with Gasteiger partial charge in [-0.25, -0.2) is 4.68 Å². The zero-order valence-electron chi connectivity index (χ0n) is 22.5. The molecule has 1 aliphatic rings. The van der Waals surface area contributed by atoms with E-state index in [2.05, 4.69) is 65.6 Å². The number of carbonyl (C=O) groups excluding carboxylic acids is 1. The summed E-state index contributed by atoms with van der Waals surface area (Å²) in [5.41, 5.74) is 6.51. The maximum Gasteiger partial charge on any atom is 0.272 e. The van der Waals surface area contributed by atoms with Crippen LogP contribution in [0.15, 0.2) is 115 Å². The van der Waals surface area contributed by atoms with Crippen molar-refractivity contribution in [1.29, 1.82) is 0 Å². The number of benzene rings is 4. The highest BCUT2D eigenvalue weighted by atomic mass is 35.5. The van der Waals surface area contributed by atoms with Crippen molar-refractivity contribution in [3.05, 3.63) is 143 Å². The molecule has 1 fully saturated rings. The largest absolute Gasteiger partial charge is 0.335 e. The summed E-state index contributed by atoms with van der Waals surface area (Å²) in [6.07, 6.45) is 0. The van der Waals surface area contributed by atoms with E-state index in [9.17, 15) is 4.79 Å². The normalized spacial score (nSPS) is 14.0. The second-order valence-corrected chi connectivity index (χ2v) is 10.6. The molecule has 0 atom stereocenters. The molecule has 1 aliphatic heterocycles. The molecule has 0 aliphatic carbocycles. The molecule has 2 heterocycles. The Morgan fingerprint density at radius 2 is 1.38 bits per heavy atom. The predicted molar refractivity (Wildman–Crippen MR) is 161 cm³/mol. The Balaban J connectivity index is 1.29. The Morgan fingerprint density at radius 3 is 2.00 bits per heavy atom. The third kappa shape index (κ3) is 5.31. The molecular formula is C34H31ClN4O. The van der Waals surface area contributed by atoms with Crippen LogP contribution >= 0.6 is 11.6 Å². The molecule has 0 bridgehead atoms. The van der Waals surface area contributed by atoms with Crippen LogP contribution in [-0.4, -0.2) is 51.7 Å². The van der Waals surface area contributed by atoms with E-state index in [1.54, 1.807) is 4.68 Å². The molecule has 0 saturated carbocycles. The number of aryl methyl sites for hydroxylation is 1. The molecule has 0 spiro atoms. The number of piperazine rings is 1. The molecule has 6 rings (SSSR count). The lowest BCUT2D eigenvalue weighted by molar-refractivity contribution is 0.0588. The number of aromatic nitrogens is 2. The van der Waals surface area contributed by atoms with Gasteiger partial charge in [0.2, 0.25) is 0 Å². The van der Waals surface area contributed by atoms with Gasteiger partial charge >= 0.3 is 0 Å². The lowest BCUT2D eigenvalue weighted by Crippen LogP contribution is -2.50. The van der Waals surface area contributed by atoms with Crippen LogP contribution in [0.25, 0.3) is 16.9 Å². The van der Waals surface area contributed by atoms with Gasteiger partial charge in [-0.2, -0.15) is 5.10 Å². The van der Waals surface area contributed by atoms with Gasteiger partial charge in [0.1, 0.15) is 5.69 Å². The van der Waals surface area contributed by atoms with Crippen molar-refractivity contribution in [2.24, 2.45) is 0 Å². The van der Waals surface area contributed by atoms with E-state index >= 15 is 0 Å². The first-order valence-corrected chi connectivity index (χ1v) is 14.0. The van der Waals surface area contributed by atoms with Crippen molar-refractivity contribution in [2.45, 2.75) is 13.0 Å². The van der Waals surface area contributed by atoms with Crippen LogP contribution in [0.2, 0.25) is 5.02 Å². The highest BCUT2D eigenvalue weighted by Gasteiger charge is 2.30.